The predicted octanol–water partition coefficient (Wildman–Crippen LogP) is 2.32. The van der Waals surface area contributed by atoms with Crippen LogP contribution in [0.15, 0.2) is 5.38 Å². The normalized spacial score (nSPS) is 25.2. The topological polar surface area (TPSA) is 66.4 Å². The summed E-state index contributed by atoms with van der Waals surface area (Å²) in [5.74, 6) is 0.114. The summed E-state index contributed by atoms with van der Waals surface area (Å²) < 4.78 is 0. The molecule has 0 bridgehead atoms. The highest BCUT2D eigenvalue weighted by atomic mass is 32.2. The Hall–Kier alpha value is -1.01. The van der Waals surface area contributed by atoms with Crippen molar-refractivity contribution in [2.24, 2.45) is 0 Å². The summed E-state index contributed by atoms with van der Waals surface area (Å²) in [6.45, 7) is 0. The van der Waals surface area contributed by atoms with E-state index in [0.717, 1.165) is 30.6 Å². The third-order valence-corrected chi connectivity index (χ3v) is 6.37. The number of carbonyl (C=O) groups is 2. The van der Waals surface area contributed by atoms with Gasteiger partial charge < -0.3 is 10.4 Å². The molecule has 0 spiro atoms. The molecule has 108 valence electrons. The van der Waals surface area contributed by atoms with Crippen LogP contribution in [0.1, 0.15) is 40.1 Å². The van der Waals surface area contributed by atoms with Crippen molar-refractivity contribution in [3.63, 3.8) is 0 Å². The lowest BCUT2D eigenvalue weighted by atomic mass is 9.94. The van der Waals surface area contributed by atoms with Gasteiger partial charge in [0.25, 0.3) is 5.91 Å². The molecule has 1 aliphatic carbocycles. The lowest BCUT2D eigenvalue weighted by Gasteiger charge is -2.25. The number of carboxylic acid groups (broad SMARTS) is 1. The largest absolute Gasteiger partial charge is 0.479 e. The van der Waals surface area contributed by atoms with Gasteiger partial charge >= 0.3 is 5.97 Å². The zero-order chi connectivity index (χ0) is 14.2. The molecule has 0 aromatic carbocycles. The van der Waals surface area contributed by atoms with Gasteiger partial charge in [0.15, 0.2) is 0 Å². The van der Waals surface area contributed by atoms with Crippen LogP contribution in [0, 0.1) is 0 Å². The van der Waals surface area contributed by atoms with Crippen molar-refractivity contribution in [1.82, 2.24) is 5.32 Å². The molecule has 2 N–H and O–H groups in total. The molecule has 1 fully saturated rings. The van der Waals surface area contributed by atoms with Crippen molar-refractivity contribution >= 4 is 35.0 Å². The summed E-state index contributed by atoms with van der Waals surface area (Å²) in [5.41, 5.74) is 0.762. The average molecular weight is 311 g/mol. The molecule has 6 heteroatoms. The predicted molar refractivity (Wildman–Crippen MR) is 80.7 cm³/mol. The number of aliphatic carboxylic acids is 1. The van der Waals surface area contributed by atoms with E-state index in [9.17, 15) is 14.7 Å². The quantitative estimate of drug-likeness (QED) is 0.899. The fourth-order valence-corrected chi connectivity index (χ4v) is 5.31. The molecule has 1 aliphatic heterocycles. The maximum absolute atomic E-state index is 12.5. The van der Waals surface area contributed by atoms with Gasteiger partial charge in [-0.3, -0.25) is 4.79 Å². The summed E-state index contributed by atoms with van der Waals surface area (Å²) >= 11 is 3.22. The minimum Gasteiger partial charge on any atom is -0.479 e. The zero-order valence-corrected chi connectivity index (χ0v) is 12.7. The monoisotopic (exact) mass is 311 g/mol. The van der Waals surface area contributed by atoms with Crippen LogP contribution in [0.3, 0.4) is 0 Å². The van der Waals surface area contributed by atoms with Crippen LogP contribution in [0.5, 0.6) is 0 Å². The van der Waals surface area contributed by atoms with Gasteiger partial charge in [-0.25, -0.2) is 4.79 Å². The molecule has 1 saturated heterocycles. The van der Waals surface area contributed by atoms with Crippen LogP contribution in [0.2, 0.25) is 0 Å². The number of carboxylic acids is 1. The van der Waals surface area contributed by atoms with Crippen LogP contribution < -0.4 is 5.32 Å². The number of thiophene rings is 1. The Kier molecular flexibility index (Phi) is 3.77. The molecule has 2 heterocycles. The van der Waals surface area contributed by atoms with E-state index >= 15 is 0 Å². The molecule has 1 amide bonds. The SMILES string of the molecule is O=C(NC1(C(=O)O)CCSC1)c1csc2c1CCCC2. The van der Waals surface area contributed by atoms with Crippen LogP contribution in [0.25, 0.3) is 0 Å². The van der Waals surface area contributed by atoms with Crippen molar-refractivity contribution in [2.75, 3.05) is 11.5 Å². The number of thioether (sulfide) groups is 1. The van der Waals surface area contributed by atoms with Gasteiger partial charge in [-0.1, -0.05) is 0 Å². The van der Waals surface area contributed by atoms with E-state index < -0.39 is 11.5 Å². The molecular weight excluding hydrogens is 294 g/mol. The Labute approximate surface area is 125 Å². The highest BCUT2D eigenvalue weighted by Gasteiger charge is 2.43. The van der Waals surface area contributed by atoms with E-state index in [4.69, 9.17) is 0 Å². The molecule has 2 aliphatic rings. The second kappa shape index (κ2) is 5.41. The van der Waals surface area contributed by atoms with Crippen LogP contribution in [0.4, 0.5) is 0 Å². The van der Waals surface area contributed by atoms with Crippen LogP contribution in [-0.4, -0.2) is 34.0 Å². The van der Waals surface area contributed by atoms with E-state index in [0.29, 0.717) is 17.7 Å². The Morgan fingerprint density at radius 1 is 1.30 bits per heavy atom. The van der Waals surface area contributed by atoms with E-state index in [2.05, 4.69) is 5.32 Å². The summed E-state index contributed by atoms with van der Waals surface area (Å²) in [6, 6.07) is 0. The van der Waals surface area contributed by atoms with E-state index in [1.165, 1.54) is 11.3 Å². The third-order valence-electron chi connectivity index (χ3n) is 4.09. The summed E-state index contributed by atoms with van der Waals surface area (Å²) in [6.07, 6.45) is 4.79. The van der Waals surface area contributed by atoms with Gasteiger partial charge in [0.1, 0.15) is 5.54 Å². The van der Waals surface area contributed by atoms with Gasteiger partial charge in [0.05, 0.1) is 5.56 Å². The Balaban J connectivity index is 1.82. The van der Waals surface area contributed by atoms with Crippen molar-refractivity contribution in [2.45, 2.75) is 37.6 Å². The minimum atomic E-state index is -1.08. The molecule has 20 heavy (non-hydrogen) atoms. The fourth-order valence-electron chi connectivity index (χ4n) is 2.85. The zero-order valence-electron chi connectivity index (χ0n) is 11.1. The number of amides is 1. The Morgan fingerprint density at radius 3 is 2.80 bits per heavy atom. The van der Waals surface area contributed by atoms with Crippen molar-refractivity contribution < 1.29 is 14.7 Å². The summed E-state index contributed by atoms with van der Waals surface area (Å²) in [5, 5.41) is 14.1. The first-order chi connectivity index (χ1) is 9.62. The Morgan fingerprint density at radius 2 is 2.10 bits per heavy atom. The van der Waals surface area contributed by atoms with Gasteiger partial charge in [-0.05, 0) is 43.4 Å². The first kappa shape index (κ1) is 13.9. The first-order valence-electron chi connectivity index (χ1n) is 6.85. The molecular formula is C14H17NO3S2. The smallest absolute Gasteiger partial charge is 0.330 e. The minimum absolute atomic E-state index is 0.214. The molecule has 1 aromatic heterocycles. The van der Waals surface area contributed by atoms with Crippen molar-refractivity contribution in [1.29, 1.82) is 0 Å². The number of nitrogens with one attached hydrogen (secondary N) is 1. The summed E-state index contributed by atoms with van der Waals surface area (Å²) in [4.78, 5) is 25.3. The first-order valence-corrected chi connectivity index (χ1v) is 8.89. The van der Waals surface area contributed by atoms with Crippen LogP contribution in [-0.2, 0) is 17.6 Å². The lowest BCUT2D eigenvalue weighted by Crippen LogP contribution is -2.54. The molecule has 3 rings (SSSR count). The molecule has 4 nitrogen and oxygen atoms in total. The second-order valence-electron chi connectivity index (χ2n) is 5.40. The molecule has 1 aromatic rings. The van der Waals surface area contributed by atoms with Gasteiger partial charge in [0, 0.05) is 16.0 Å². The molecule has 0 radical (unpaired) electrons. The fraction of sp³-hybridized carbons (Fsp3) is 0.571. The third kappa shape index (κ3) is 2.35. The highest BCUT2D eigenvalue weighted by Crippen LogP contribution is 2.32. The molecule has 0 saturated carbocycles. The van der Waals surface area contributed by atoms with Crippen LogP contribution >= 0.6 is 23.1 Å². The van der Waals surface area contributed by atoms with E-state index in [-0.39, 0.29) is 5.91 Å². The number of aryl methyl sites for hydroxylation is 1. The van der Waals surface area contributed by atoms with Gasteiger partial charge in [-0.2, -0.15) is 11.8 Å². The van der Waals surface area contributed by atoms with Gasteiger partial charge in [0.2, 0.25) is 0 Å². The van der Waals surface area contributed by atoms with E-state index in [1.54, 1.807) is 23.1 Å². The average Bonchev–Trinajstić information content (AvgIpc) is 3.05. The molecule has 1 unspecified atom stereocenters. The maximum Gasteiger partial charge on any atom is 0.330 e. The number of hydrogen-bond donors (Lipinski definition) is 2. The van der Waals surface area contributed by atoms with E-state index in [1.807, 2.05) is 5.38 Å². The summed E-state index contributed by atoms with van der Waals surface area (Å²) in [7, 11) is 0. The lowest BCUT2D eigenvalue weighted by molar-refractivity contribution is -0.143. The van der Waals surface area contributed by atoms with Crippen molar-refractivity contribution in [3.05, 3.63) is 21.4 Å². The Bertz CT molecular complexity index is 547. The van der Waals surface area contributed by atoms with Gasteiger partial charge in [-0.15, -0.1) is 11.3 Å². The number of carbonyl (C=O) groups excluding carboxylic acids is 1. The number of fused-ring (bicyclic) bond motifs is 1. The highest BCUT2D eigenvalue weighted by molar-refractivity contribution is 7.99. The number of rotatable bonds is 3. The maximum atomic E-state index is 12.5. The standard InChI is InChI=1S/C14H17NO3S2/c16-12(15-14(13(17)18)5-6-19-8-14)10-7-20-11-4-2-1-3-9(10)11/h7H,1-6,8H2,(H,15,16)(H,17,18). The second-order valence-corrected chi connectivity index (χ2v) is 7.47. The molecule has 1 atom stereocenters. The number of hydrogen-bond acceptors (Lipinski definition) is 4. The van der Waals surface area contributed by atoms with Crippen molar-refractivity contribution in [3.8, 4) is 0 Å².